The first-order valence-electron chi connectivity index (χ1n) is 7.64. The van der Waals surface area contributed by atoms with E-state index in [1.165, 1.54) is 18.2 Å². The van der Waals surface area contributed by atoms with Crippen LogP contribution >= 0.6 is 0 Å². The van der Waals surface area contributed by atoms with E-state index in [0.717, 1.165) is 16.7 Å². The maximum atomic E-state index is 13.0. The minimum absolute atomic E-state index is 0.0592. The van der Waals surface area contributed by atoms with Crippen LogP contribution in [0.15, 0.2) is 54.6 Å². The summed E-state index contributed by atoms with van der Waals surface area (Å²) in [5.74, 6) is -0.343. The molecule has 4 heteroatoms. The van der Waals surface area contributed by atoms with Gasteiger partial charge < -0.3 is 0 Å². The molecule has 0 amide bonds. The number of aryl methyl sites for hydroxylation is 2. The molecule has 0 unspecified atom stereocenters. The molecule has 24 heavy (non-hydrogen) atoms. The van der Waals surface area contributed by atoms with Gasteiger partial charge in [-0.1, -0.05) is 12.1 Å². The molecule has 0 spiro atoms. The second kappa shape index (κ2) is 6.62. The van der Waals surface area contributed by atoms with Gasteiger partial charge in [-0.25, -0.2) is 4.39 Å². The van der Waals surface area contributed by atoms with Crippen LogP contribution in [0, 0.1) is 19.7 Å². The molecular formula is C20H17FN2O. The van der Waals surface area contributed by atoms with Crippen LogP contribution in [0.2, 0.25) is 0 Å². The number of halogens is 1. The summed E-state index contributed by atoms with van der Waals surface area (Å²) in [7, 11) is 0. The van der Waals surface area contributed by atoms with Crippen molar-refractivity contribution in [2.45, 2.75) is 13.8 Å². The lowest BCUT2D eigenvalue weighted by Crippen LogP contribution is -1.95. The molecule has 0 aliphatic heterocycles. The maximum absolute atomic E-state index is 13.0. The number of hydrogen-bond donors (Lipinski definition) is 1. The van der Waals surface area contributed by atoms with Gasteiger partial charge in [-0.3, -0.25) is 9.89 Å². The van der Waals surface area contributed by atoms with Crippen LogP contribution in [0.4, 0.5) is 4.39 Å². The van der Waals surface area contributed by atoms with Crippen LogP contribution in [-0.4, -0.2) is 16.0 Å². The number of allylic oxidation sites excluding steroid dienone is 1. The second-order valence-electron chi connectivity index (χ2n) is 5.71. The van der Waals surface area contributed by atoms with Gasteiger partial charge in [0.15, 0.2) is 5.78 Å². The number of nitrogens with one attached hydrogen (secondary N) is 1. The van der Waals surface area contributed by atoms with Crippen LogP contribution in [-0.2, 0) is 0 Å². The molecule has 0 aliphatic carbocycles. The molecule has 0 atom stereocenters. The molecule has 3 rings (SSSR count). The van der Waals surface area contributed by atoms with Crippen molar-refractivity contribution in [2.75, 3.05) is 0 Å². The zero-order valence-electron chi connectivity index (χ0n) is 13.5. The fourth-order valence-electron chi connectivity index (χ4n) is 2.35. The molecule has 0 saturated heterocycles. The SMILES string of the molecule is Cc1ccc(C(=O)/C=C/c2cc(-c3ccc(F)cc3)n[nH]2)cc1C. The van der Waals surface area contributed by atoms with Crippen LogP contribution < -0.4 is 0 Å². The molecule has 3 aromatic rings. The summed E-state index contributed by atoms with van der Waals surface area (Å²) >= 11 is 0. The number of carbonyl (C=O) groups excluding carboxylic acids is 1. The Hall–Kier alpha value is -3.01. The predicted octanol–water partition coefficient (Wildman–Crippen LogP) is 4.73. The standard InChI is InChI=1S/C20H17FN2O/c1-13-3-4-16(11-14(13)2)20(24)10-9-18-12-19(23-22-18)15-5-7-17(21)8-6-15/h3-12H,1-2H3,(H,22,23)/b10-9+. The third kappa shape index (κ3) is 3.49. The van der Waals surface area contributed by atoms with Crippen molar-refractivity contribution in [3.63, 3.8) is 0 Å². The maximum Gasteiger partial charge on any atom is 0.185 e. The summed E-state index contributed by atoms with van der Waals surface area (Å²) in [5, 5.41) is 7.05. The quantitative estimate of drug-likeness (QED) is 0.558. The highest BCUT2D eigenvalue weighted by molar-refractivity contribution is 6.06. The molecule has 3 nitrogen and oxygen atoms in total. The average Bonchev–Trinajstić information content (AvgIpc) is 3.05. The molecule has 0 aliphatic rings. The van der Waals surface area contributed by atoms with Crippen molar-refractivity contribution in [3.8, 4) is 11.3 Å². The monoisotopic (exact) mass is 320 g/mol. The lowest BCUT2D eigenvalue weighted by molar-refractivity contribution is 0.104. The van der Waals surface area contributed by atoms with Gasteiger partial charge in [0.05, 0.1) is 11.4 Å². The molecule has 1 heterocycles. The lowest BCUT2D eigenvalue weighted by atomic mass is 10.0. The van der Waals surface area contributed by atoms with Crippen LogP contribution in [0.1, 0.15) is 27.2 Å². The number of benzene rings is 2. The number of nitrogens with zero attached hydrogens (tertiary/aromatic N) is 1. The van der Waals surface area contributed by atoms with Crippen molar-refractivity contribution in [2.24, 2.45) is 0 Å². The van der Waals surface area contributed by atoms with Crippen LogP contribution in [0.3, 0.4) is 0 Å². The molecule has 1 N–H and O–H groups in total. The number of aromatic amines is 1. The Morgan fingerprint density at radius 3 is 2.50 bits per heavy atom. The van der Waals surface area contributed by atoms with Gasteiger partial charge in [0.25, 0.3) is 0 Å². The lowest BCUT2D eigenvalue weighted by Gasteiger charge is -2.01. The van der Waals surface area contributed by atoms with Crippen LogP contribution in [0.25, 0.3) is 17.3 Å². The van der Waals surface area contributed by atoms with Gasteiger partial charge in [-0.05, 0) is 73.5 Å². The first-order chi connectivity index (χ1) is 11.5. The first-order valence-corrected chi connectivity index (χ1v) is 7.64. The Morgan fingerprint density at radius 1 is 1.04 bits per heavy atom. The number of H-pyrrole nitrogens is 1. The van der Waals surface area contributed by atoms with E-state index in [0.29, 0.717) is 17.0 Å². The van der Waals surface area contributed by atoms with Gasteiger partial charge in [0.1, 0.15) is 5.82 Å². The molecular weight excluding hydrogens is 303 g/mol. The number of rotatable bonds is 4. The van der Waals surface area contributed by atoms with E-state index in [2.05, 4.69) is 10.2 Å². The Kier molecular flexibility index (Phi) is 4.38. The third-order valence-corrected chi connectivity index (χ3v) is 3.94. The van der Waals surface area contributed by atoms with Crippen molar-refractivity contribution in [3.05, 3.63) is 82.8 Å². The number of hydrogen-bond acceptors (Lipinski definition) is 2. The smallest absolute Gasteiger partial charge is 0.185 e. The van der Waals surface area contributed by atoms with E-state index in [1.54, 1.807) is 18.2 Å². The normalized spacial score (nSPS) is 11.1. The summed E-state index contributed by atoms with van der Waals surface area (Å²) in [4.78, 5) is 12.2. The number of ketones is 1. The zero-order chi connectivity index (χ0) is 17.1. The number of carbonyl (C=O) groups is 1. The summed E-state index contributed by atoms with van der Waals surface area (Å²) in [6, 6.07) is 13.6. The van der Waals surface area contributed by atoms with Gasteiger partial charge in [0, 0.05) is 11.1 Å². The van der Waals surface area contributed by atoms with Gasteiger partial charge >= 0.3 is 0 Å². The Balaban J connectivity index is 1.76. The highest BCUT2D eigenvalue weighted by Gasteiger charge is 2.05. The van der Waals surface area contributed by atoms with Gasteiger partial charge in [-0.15, -0.1) is 0 Å². The van der Waals surface area contributed by atoms with Gasteiger partial charge in [-0.2, -0.15) is 5.10 Å². The molecule has 0 fully saturated rings. The summed E-state index contributed by atoms with van der Waals surface area (Å²) in [6.45, 7) is 4.00. The fourth-order valence-corrected chi connectivity index (χ4v) is 2.35. The highest BCUT2D eigenvalue weighted by Crippen LogP contribution is 2.19. The molecule has 1 aromatic heterocycles. The second-order valence-corrected chi connectivity index (χ2v) is 5.71. The summed E-state index contributed by atoms with van der Waals surface area (Å²) in [5.41, 5.74) is 5.14. The average molecular weight is 320 g/mol. The minimum Gasteiger partial charge on any atom is -0.289 e. The number of aromatic nitrogens is 2. The first kappa shape index (κ1) is 15.9. The van der Waals surface area contributed by atoms with Crippen molar-refractivity contribution in [1.82, 2.24) is 10.2 Å². The highest BCUT2D eigenvalue weighted by atomic mass is 19.1. The molecule has 120 valence electrons. The van der Waals surface area contributed by atoms with E-state index in [4.69, 9.17) is 0 Å². The topological polar surface area (TPSA) is 45.8 Å². The largest absolute Gasteiger partial charge is 0.289 e. The zero-order valence-corrected chi connectivity index (χ0v) is 13.5. The van der Waals surface area contributed by atoms with E-state index in [9.17, 15) is 9.18 Å². The molecule has 0 bridgehead atoms. The van der Waals surface area contributed by atoms with E-state index in [1.807, 2.05) is 38.1 Å². The third-order valence-electron chi connectivity index (χ3n) is 3.94. The molecule has 2 aromatic carbocycles. The van der Waals surface area contributed by atoms with Crippen molar-refractivity contribution in [1.29, 1.82) is 0 Å². The minimum atomic E-state index is -0.284. The predicted molar refractivity (Wildman–Crippen MR) is 93.3 cm³/mol. The Labute approximate surface area is 139 Å². The van der Waals surface area contributed by atoms with Gasteiger partial charge in [0.2, 0.25) is 0 Å². The van der Waals surface area contributed by atoms with Crippen molar-refractivity contribution < 1.29 is 9.18 Å². The van der Waals surface area contributed by atoms with E-state index >= 15 is 0 Å². The van der Waals surface area contributed by atoms with E-state index in [-0.39, 0.29) is 11.6 Å². The summed E-state index contributed by atoms with van der Waals surface area (Å²) in [6.07, 6.45) is 3.21. The molecule has 0 radical (unpaired) electrons. The molecule has 0 saturated carbocycles. The Morgan fingerprint density at radius 2 is 1.79 bits per heavy atom. The van der Waals surface area contributed by atoms with Crippen LogP contribution in [0.5, 0.6) is 0 Å². The van der Waals surface area contributed by atoms with Crippen molar-refractivity contribution >= 4 is 11.9 Å². The Bertz CT molecular complexity index is 908. The summed E-state index contributed by atoms with van der Waals surface area (Å²) < 4.78 is 13.0. The fraction of sp³-hybridized carbons (Fsp3) is 0.100. The van der Waals surface area contributed by atoms with E-state index < -0.39 is 0 Å².